The maximum atomic E-state index is 12.4. The van der Waals surface area contributed by atoms with Crippen molar-refractivity contribution >= 4 is 49.4 Å². The Bertz CT molecular complexity index is 1230. The molecule has 0 fully saturated rings. The highest BCUT2D eigenvalue weighted by Crippen LogP contribution is 2.45. The van der Waals surface area contributed by atoms with Crippen LogP contribution in [0.3, 0.4) is 0 Å². The first-order chi connectivity index (χ1) is 17.1. The smallest absolute Gasteiger partial charge is 0.239 e. The zero-order valence-corrected chi connectivity index (χ0v) is 22.1. The summed E-state index contributed by atoms with van der Waals surface area (Å²) in [6.07, 6.45) is 4.34. The molecule has 0 unspecified atom stereocenters. The molecule has 2 aromatic heterocycles. The van der Waals surface area contributed by atoms with Crippen molar-refractivity contribution in [2.75, 3.05) is 44.6 Å². The van der Waals surface area contributed by atoms with Crippen LogP contribution in [0, 0.1) is 0 Å². The number of hydrogen-bond acceptors (Lipinski definition) is 8. The van der Waals surface area contributed by atoms with Gasteiger partial charge in [-0.1, -0.05) is 26.0 Å². The minimum atomic E-state index is 0.00944. The van der Waals surface area contributed by atoms with Gasteiger partial charge in [0.05, 0.1) is 21.8 Å². The molecule has 0 saturated heterocycles. The van der Waals surface area contributed by atoms with Gasteiger partial charge < -0.3 is 26.6 Å². The summed E-state index contributed by atoms with van der Waals surface area (Å²) in [6.45, 7) is 9.68. The summed E-state index contributed by atoms with van der Waals surface area (Å²) < 4.78 is 1.21. The lowest BCUT2D eigenvalue weighted by Gasteiger charge is -2.13. The van der Waals surface area contributed by atoms with Gasteiger partial charge in [-0.25, -0.2) is 4.98 Å². The Labute approximate surface area is 214 Å². The average molecular weight is 511 g/mol. The minimum absolute atomic E-state index is 0.00944. The van der Waals surface area contributed by atoms with Gasteiger partial charge in [-0.3, -0.25) is 4.79 Å². The summed E-state index contributed by atoms with van der Waals surface area (Å²) >= 11 is 3.51. The Morgan fingerprint density at radius 1 is 1.14 bits per heavy atom. The van der Waals surface area contributed by atoms with Crippen molar-refractivity contribution in [3.63, 3.8) is 0 Å². The molecule has 3 aromatic rings. The van der Waals surface area contributed by atoms with Gasteiger partial charge in [-0.15, -0.1) is 22.7 Å². The number of thiophene rings is 1. The molecule has 7 nitrogen and oxygen atoms in total. The van der Waals surface area contributed by atoms with Gasteiger partial charge in [-0.2, -0.15) is 0 Å². The fraction of sp³-hybridized carbons (Fsp3) is 0.462. The van der Waals surface area contributed by atoms with Crippen molar-refractivity contribution < 1.29 is 4.79 Å². The summed E-state index contributed by atoms with van der Waals surface area (Å²) in [4.78, 5) is 18.8. The number of nitrogens with one attached hydrogen (secondary N) is 5. The Morgan fingerprint density at radius 3 is 2.86 bits per heavy atom. The van der Waals surface area contributed by atoms with Crippen LogP contribution in [-0.4, -0.2) is 56.2 Å². The first kappa shape index (κ1) is 24.4. The predicted molar refractivity (Wildman–Crippen MR) is 148 cm³/mol. The van der Waals surface area contributed by atoms with Gasteiger partial charge in [-0.05, 0) is 54.8 Å². The van der Waals surface area contributed by atoms with Crippen molar-refractivity contribution in [1.82, 2.24) is 26.3 Å². The van der Waals surface area contributed by atoms with Gasteiger partial charge in [0.1, 0.15) is 5.01 Å². The van der Waals surface area contributed by atoms with Gasteiger partial charge >= 0.3 is 0 Å². The van der Waals surface area contributed by atoms with Crippen LogP contribution in [0.25, 0.3) is 26.4 Å². The van der Waals surface area contributed by atoms with Crippen LogP contribution in [-0.2, 0) is 17.8 Å². The standard InChI is InChI=1S/C26H34N6OS2/c1-16(2)29-11-12-30-23(33)15-31-25-24(19-7-10-28-14-22(19)35-25)26-32-20-4-3-18(13-21(20)34-26)17-5-8-27-9-6-17/h3-5,13,16,27-29,31H,6-12,14-15H2,1-2H3,(H,30,33). The van der Waals surface area contributed by atoms with E-state index in [0.29, 0.717) is 12.6 Å². The number of benzene rings is 1. The molecule has 0 spiro atoms. The lowest BCUT2D eigenvalue weighted by molar-refractivity contribution is -0.119. The first-order valence-electron chi connectivity index (χ1n) is 12.5. The second kappa shape index (κ2) is 11.2. The van der Waals surface area contributed by atoms with Crippen molar-refractivity contribution in [2.24, 2.45) is 0 Å². The van der Waals surface area contributed by atoms with Crippen LogP contribution < -0.4 is 26.6 Å². The number of carbonyl (C=O) groups excluding carboxylic acids is 1. The first-order valence-corrected chi connectivity index (χ1v) is 14.1. The van der Waals surface area contributed by atoms with E-state index in [1.54, 1.807) is 22.7 Å². The molecule has 2 aliphatic rings. The molecule has 35 heavy (non-hydrogen) atoms. The van der Waals surface area contributed by atoms with Gasteiger partial charge in [0.2, 0.25) is 5.91 Å². The number of nitrogens with zero attached hydrogens (tertiary/aromatic N) is 1. The maximum Gasteiger partial charge on any atom is 0.239 e. The third-order valence-electron chi connectivity index (χ3n) is 6.37. The molecular weight excluding hydrogens is 476 g/mol. The molecular formula is C26H34N6OS2. The number of rotatable bonds is 9. The summed E-state index contributed by atoms with van der Waals surface area (Å²) in [7, 11) is 0. The molecule has 0 radical (unpaired) electrons. The van der Waals surface area contributed by atoms with Gasteiger partial charge in [0.25, 0.3) is 0 Å². The highest BCUT2D eigenvalue weighted by molar-refractivity contribution is 7.22. The van der Waals surface area contributed by atoms with Crippen LogP contribution in [0.15, 0.2) is 24.3 Å². The predicted octanol–water partition coefficient (Wildman–Crippen LogP) is 3.57. The molecule has 4 heterocycles. The zero-order valence-electron chi connectivity index (χ0n) is 20.4. The fourth-order valence-corrected chi connectivity index (χ4v) is 6.95. The van der Waals surface area contributed by atoms with E-state index in [9.17, 15) is 4.79 Å². The van der Waals surface area contributed by atoms with E-state index in [-0.39, 0.29) is 12.5 Å². The van der Waals surface area contributed by atoms with E-state index in [4.69, 9.17) is 4.98 Å². The van der Waals surface area contributed by atoms with Crippen LogP contribution in [0.4, 0.5) is 5.00 Å². The summed E-state index contributed by atoms with van der Waals surface area (Å²) in [6, 6.07) is 7.06. The Kier molecular flexibility index (Phi) is 7.79. The lowest BCUT2D eigenvalue weighted by atomic mass is 10.0. The maximum absolute atomic E-state index is 12.4. The normalized spacial score (nSPS) is 15.8. The SMILES string of the molecule is CC(C)NCCNC(=O)CNc1sc2c(c1-c1nc3ccc(C4=CCNCC4)cc3s1)CCNC2. The molecule has 186 valence electrons. The molecule has 9 heteroatoms. The van der Waals surface area contributed by atoms with Gasteiger partial charge in [0.15, 0.2) is 0 Å². The number of anilines is 1. The van der Waals surface area contributed by atoms with E-state index in [2.05, 4.69) is 64.7 Å². The number of carbonyl (C=O) groups is 1. The highest BCUT2D eigenvalue weighted by atomic mass is 32.1. The Morgan fingerprint density at radius 2 is 2.03 bits per heavy atom. The Balaban J connectivity index is 1.37. The lowest BCUT2D eigenvalue weighted by Crippen LogP contribution is -2.37. The van der Waals surface area contributed by atoms with Gasteiger partial charge in [0, 0.05) is 42.7 Å². The molecule has 2 aliphatic heterocycles. The quantitative estimate of drug-likeness (QED) is 0.283. The number of amides is 1. The van der Waals surface area contributed by atoms with Crippen LogP contribution in [0.2, 0.25) is 0 Å². The van der Waals surface area contributed by atoms with E-state index >= 15 is 0 Å². The topological polar surface area (TPSA) is 90.1 Å². The fourth-order valence-electron chi connectivity index (χ4n) is 4.59. The van der Waals surface area contributed by atoms with Crippen molar-refractivity contribution in [2.45, 2.75) is 39.3 Å². The van der Waals surface area contributed by atoms with E-state index in [0.717, 1.165) is 61.1 Å². The van der Waals surface area contributed by atoms with E-state index in [1.165, 1.54) is 31.8 Å². The number of fused-ring (bicyclic) bond motifs is 2. The summed E-state index contributed by atoms with van der Waals surface area (Å²) in [5.41, 5.74) is 6.31. The number of hydrogen-bond donors (Lipinski definition) is 5. The molecule has 0 aliphatic carbocycles. The Hall–Kier alpha value is -2.30. The molecule has 1 aromatic carbocycles. The van der Waals surface area contributed by atoms with E-state index < -0.39 is 0 Å². The molecule has 0 atom stereocenters. The zero-order chi connectivity index (χ0) is 24.2. The second-order valence-corrected chi connectivity index (χ2v) is 11.5. The van der Waals surface area contributed by atoms with Crippen molar-refractivity contribution in [1.29, 1.82) is 0 Å². The third-order valence-corrected chi connectivity index (χ3v) is 8.60. The second-order valence-electron chi connectivity index (χ2n) is 9.33. The molecule has 1 amide bonds. The molecule has 0 saturated carbocycles. The van der Waals surface area contributed by atoms with E-state index in [1.807, 2.05) is 0 Å². The highest BCUT2D eigenvalue weighted by Gasteiger charge is 2.24. The number of aromatic nitrogens is 1. The van der Waals surface area contributed by atoms with Crippen LogP contribution in [0.5, 0.6) is 0 Å². The number of thiazole rings is 1. The van der Waals surface area contributed by atoms with Crippen LogP contribution >= 0.6 is 22.7 Å². The molecule has 5 rings (SSSR count). The monoisotopic (exact) mass is 510 g/mol. The van der Waals surface area contributed by atoms with Crippen molar-refractivity contribution in [3.8, 4) is 10.6 Å². The van der Waals surface area contributed by atoms with Crippen LogP contribution in [0.1, 0.15) is 36.3 Å². The largest absolute Gasteiger partial charge is 0.367 e. The minimum Gasteiger partial charge on any atom is -0.367 e. The van der Waals surface area contributed by atoms with Crippen molar-refractivity contribution in [3.05, 3.63) is 40.3 Å². The third kappa shape index (κ3) is 5.76. The average Bonchev–Trinajstić information content (AvgIpc) is 3.46. The molecule has 0 bridgehead atoms. The summed E-state index contributed by atoms with van der Waals surface area (Å²) in [5.74, 6) is 0.00944. The summed E-state index contributed by atoms with van der Waals surface area (Å²) in [5, 5.41) is 18.7. The molecule has 5 N–H and O–H groups in total.